The first kappa shape index (κ1) is 15.2. The van der Waals surface area contributed by atoms with Gasteiger partial charge in [-0.2, -0.15) is 0 Å². The molecule has 21 heavy (non-hydrogen) atoms. The molecule has 0 saturated carbocycles. The van der Waals surface area contributed by atoms with Crippen molar-refractivity contribution in [3.05, 3.63) is 35.4 Å². The summed E-state index contributed by atoms with van der Waals surface area (Å²) in [5.74, 6) is -1.99. The number of benzene rings is 1. The van der Waals surface area contributed by atoms with Gasteiger partial charge in [0.2, 0.25) is 5.91 Å². The number of nitrogens with one attached hydrogen (secondary N) is 1. The maximum absolute atomic E-state index is 12.4. The normalized spacial score (nSPS) is 19.0. The monoisotopic (exact) mass is 289 g/mol. The third kappa shape index (κ3) is 3.12. The zero-order valence-electron chi connectivity index (χ0n) is 12.1. The molecule has 0 radical (unpaired) electrons. The lowest BCUT2D eigenvalue weighted by Gasteiger charge is -2.26. The van der Waals surface area contributed by atoms with Crippen molar-refractivity contribution in [1.82, 2.24) is 5.32 Å². The smallest absolute Gasteiger partial charge is 0.326 e. The van der Waals surface area contributed by atoms with E-state index in [-0.39, 0.29) is 17.6 Å². The van der Waals surface area contributed by atoms with Crippen LogP contribution in [0.25, 0.3) is 0 Å². The van der Waals surface area contributed by atoms with Crippen LogP contribution < -0.4 is 5.32 Å². The molecule has 1 aromatic rings. The van der Waals surface area contributed by atoms with Crippen LogP contribution in [0.5, 0.6) is 0 Å². The summed E-state index contributed by atoms with van der Waals surface area (Å²) in [6, 6.07) is 6.12. The van der Waals surface area contributed by atoms with Crippen molar-refractivity contribution >= 4 is 17.7 Å². The van der Waals surface area contributed by atoms with E-state index in [0.29, 0.717) is 24.0 Å². The van der Waals surface area contributed by atoms with Gasteiger partial charge in [-0.3, -0.25) is 9.59 Å². The van der Waals surface area contributed by atoms with E-state index in [2.05, 4.69) is 5.32 Å². The number of carbonyl (C=O) groups is 3. The zero-order chi connectivity index (χ0) is 15.6. The molecule has 0 aliphatic heterocycles. The molecule has 1 aromatic carbocycles. The summed E-state index contributed by atoms with van der Waals surface area (Å²) in [5, 5.41) is 11.8. The Bertz CT molecular complexity index is 579. The highest BCUT2D eigenvalue weighted by Gasteiger charge is 2.33. The summed E-state index contributed by atoms with van der Waals surface area (Å²) >= 11 is 0. The van der Waals surface area contributed by atoms with E-state index in [0.717, 1.165) is 0 Å². The predicted octanol–water partition coefficient (Wildman–Crippen LogP) is 1.97. The van der Waals surface area contributed by atoms with Gasteiger partial charge < -0.3 is 10.4 Å². The molecule has 5 heteroatoms. The van der Waals surface area contributed by atoms with Crippen LogP contribution in [-0.2, 0) is 9.59 Å². The number of Topliss-reactive ketones (excluding diaryl/α,β-unsaturated/α-hetero) is 1. The molecular formula is C16H19NO4. The second kappa shape index (κ2) is 6.08. The van der Waals surface area contributed by atoms with E-state index in [1.807, 2.05) is 0 Å². The largest absolute Gasteiger partial charge is 0.480 e. The number of aliphatic carboxylic acids is 1. The van der Waals surface area contributed by atoms with Crippen molar-refractivity contribution < 1.29 is 19.5 Å². The number of carbonyl (C=O) groups excluding carboxylic acids is 2. The van der Waals surface area contributed by atoms with E-state index >= 15 is 0 Å². The summed E-state index contributed by atoms with van der Waals surface area (Å²) in [4.78, 5) is 35.5. The first-order valence-corrected chi connectivity index (χ1v) is 7.07. The minimum Gasteiger partial charge on any atom is -0.480 e. The molecule has 2 rings (SSSR count). The van der Waals surface area contributed by atoms with Crippen molar-refractivity contribution in [3.63, 3.8) is 0 Å². The molecule has 1 amide bonds. The number of carboxylic acid groups (broad SMARTS) is 1. The van der Waals surface area contributed by atoms with Gasteiger partial charge in [0.25, 0.3) is 0 Å². The van der Waals surface area contributed by atoms with Gasteiger partial charge >= 0.3 is 5.97 Å². The van der Waals surface area contributed by atoms with E-state index in [1.54, 1.807) is 38.1 Å². The Morgan fingerprint density at radius 1 is 1.29 bits per heavy atom. The van der Waals surface area contributed by atoms with Crippen LogP contribution in [-0.4, -0.2) is 28.8 Å². The highest BCUT2D eigenvalue weighted by atomic mass is 16.4. The summed E-state index contributed by atoms with van der Waals surface area (Å²) in [5.41, 5.74) is 1.26. The lowest BCUT2D eigenvalue weighted by Crippen LogP contribution is -2.46. The quantitative estimate of drug-likeness (QED) is 0.887. The van der Waals surface area contributed by atoms with Crippen molar-refractivity contribution in [2.45, 2.75) is 38.6 Å². The van der Waals surface area contributed by atoms with Crippen LogP contribution in [0.4, 0.5) is 0 Å². The van der Waals surface area contributed by atoms with Gasteiger partial charge in [0, 0.05) is 12.0 Å². The van der Waals surface area contributed by atoms with Gasteiger partial charge in [0.05, 0.1) is 5.92 Å². The van der Waals surface area contributed by atoms with E-state index in [9.17, 15) is 14.4 Å². The second-order valence-corrected chi connectivity index (χ2v) is 5.67. The highest BCUT2D eigenvalue weighted by Crippen LogP contribution is 2.31. The molecule has 2 N–H and O–H groups in total. The molecular weight excluding hydrogens is 270 g/mol. The summed E-state index contributed by atoms with van der Waals surface area (Å²) in [7, 11) is 0. The van der Waals surface area contributed by atoms with Crippen molar-refractivity contribution in [2.24, 2.45) is 5.92 Å². The Kier molecular flexibility index (Phi) is 4.40. The van der Waals surface area contributed by atoms with E-state index in [1.165, 1.54) is 0 Å². The number of carboxylic acids is 1. The lowest BCUT2D eigenvalue weighted by molar-refractivity contribution is -0.143. The van der Waals surface area contributed by atoms with Crippen LogP contribution in [0.15, 0.2) is 24.3 Å². The van der Waals surface area contributed by atoms with Crippen LogP contribution in [0.3, 0.4) is 0 Å². The van der Waals surface area contributed by atoms with Crippen molar-refractivity contribution in [3.8, 4) is 0 Å². The van der Waals surface area contributed by atoms with Gasteiger partial charge in [-0.05, 0) is 17.9 Å². The average molecular weight is 289 g/mol. The number of fused-ring (bicyclic) bond motifs is 1. The fourth-order valence-electron chi connectivity index (χ4n) is 2.66. The zero-order valence-corrected chi connectivity index (χ0v) is 12.1. The Morgan fingerprint density at radius 3 is 2.57 bits per heavy atom. The Labute approximate surface area is 123 Å². The minimum atomic E-state index is -1.04. The standard InChI is InChI=1S/C16H19NO4/c1-9(2)14(16(20)21)17-15(19)12-7-8-13(18)11-6-4-3-5-10(11)12/h3-6,9,12,14H,7-8H2,1-2H3,(H,17,19)(H,20,21)/t12?,14-/m0/s1. The minimum absolute atomic E-state index is 0.0355. The third-order valence-electron chi connectivity index (χ3n) is 3.84. The van der Waals surface area contributed by atoms with E-state index < -0.39 is 17.9 Å². The van der Waals surface area contributed by atoms with Gasteiger partial charge in [0.1, 0.15) is 6.04 Å². The van der Waals surface area contributed by atoms with Gasteiger partial charge in [0.15, 0.2) is 5.78 Å². The molecule has 1 aliphatic carbocycles. The molecule has 1 aliphatic rings. The fraction of sp³-hybridized carbons (Fsp3) is 0.438. The molecule has 0 saturated heterocycles. The SMILES string of the molecule is CC(C)[C@H](NC(=O)C1CCC(=O)c2ccccc21)C(=O)O. The maximum atomic E-state index is 12.4. The van der Waals surface area contributed by atoms with Crippen LogP contribution in [0.1, 0.15) is 48.5 Å². The fourth-order valence-corrected chi connectivity index (χ4v) is 2.66. The van der Waals surface area contributed by atoms with Crippen molar-refractivity contribution in [1.29, 1.82) is 0 Å². The summed E-state index contributed by atoms with van der Waals surface area (Å²) in [6.45, 7) is 3.49. The summed E-state index contributed by atoms with van der Waals surface area (Å²) in [6.07, 6.45) is 0.737. The molecule has 0 aromatic heterocycles. The maximum Gasteiger partial charge on any atom is 0.326 e. The Morgan fingerprint density at radius 2 is 1.95 bits per heavy atom. The van der Waals surface area contributed by atoms with Gasteiger partial charge in [-0.15, -0.1) is 0 Å². The van der Waals surface area contributed by atoms with Crippen LogP contribution in [0.2, 0.25) is 0 Å². The van der Waals surface area contributed by atoms with Crippen molar-refractivity contribution in [2.75, 3.05) is 0 Å². The number of amides is 1. The van der Waals surface area contributed by atoms with Crippen LogP contribution in [0, 0.1) is 5.92 Å². The molecule has 0 fully saturated rings. The molecule has 5 nitrogen and oxygen atoms in total. The van der Waals surface area contributed by atoms with Gasteiger partial charge in [-0.25, -0.2) is 4.79 Å². The highest BCUT2D eigenvalue weighted by molar-refractivity contribution is 6.02. The number of rotatable bonds is 4. The Hall–Kier alpha value is -2.17. The third-order valence-corrected chi connectivity index (χ3v) is 3.84. The summed E-state index contributed by atoms with van der Waals surface area (Å²) < 4.78 is 0. The molecule has 1 unspecified atom stereocenters. The molecule has 112 valence electrons. The first-order chi connectivity index (χ1) is 9.91. The molecule has 2 atom stereocenters. The van der Waals surface area contributed by atoms with Crippen LogP contribution >= 0.6 is 0 Å². The molecule has 0 bridgehead atoms. The average Bonchev–Trinajstić information content (AvgIpc) is 2.44. The second-order valence-electron chi connectivity index (χ2n) is 5.67. The predicted molar refractivity (Wildman–Crippen MR) is 77.2 cm³/mol. The number of hydrogen-bond acceptors (Lipinski definition) is 3. The molecule has 0 spiro atoms. The van der Waals surface area contributed by atoms with E-state index in [4.69, 9.17) is 5.11 Å². The number of ketones is 1. The first-order valence-electron chi connectivity index (χ1n) is 7.07. The molecule has 0 heterocycles. The topological polar surface area (TPSA) is 83.5 Å². The Balaban J connectivity index is 2.23. The number of hydrogen-bond donors (Lipinski definition) is 2. The van der Waals surface area contributed by atoms with Gasteiger partial charge in [-0.1, -0.05) is 38.1 Å². The lowest BCUT2D eigenvalue weighted by atomic mass is 9.81.